The van der Waals surface area contributed by atoms with Crippen LogP contribution in [0.2, 0.25) is 18.1 Å². The van der Waals surface area contributed by atoms with Crippen LogP contribution < -0.4 is 10.5 Å². The van der Waals surface area contributed by atoms with Crippen LogP contribution in [-0.2, 0) is 28.8 Å². The monoisotopic (exact) mass is 561 g/mol. The van der Waals surface area contributed by atoms with Crippen LogP contribution in [0.25, 0.3) is 0 Å². The fourth-order valence-corrected chi connectivity index (χ4v) is 4.82. The van der Waals surface area contributed by atoms with Gasteiger partial charge in [-0.2, -0.15) is 8.42 Å². The summed E-state index contributed by atoms with van der Waals surface area (Å²) in [6.45, 7) is 9.74. The summed E-state index contributed by atoms with van der Waals surface area (Å²) in [6, 6.07) is 1.15. The molecule has 1 aromatic rings. The van der Waals surface area contributed by atoms with E-state index in [9.17, 15) is 26.9 Å². The van der Waals surface area contributed by atoms with Gasteiger partial charge >= 0.3 is 0 Å². The van der Waals surface area contributed by atoms with Crippen LogP contribution in [0, 0.1) is 10.1 Å². The number of nitro groups is 1. The molecule has 0 saturated carbocycles. The molecule has 1 aromatic carbocycles. The Morgan fingerprint density at radius 1 is 1.23 bits per heavy atom. The molecule has 0 spiro atoms. The fourth-order valence-electron chi connectivity index (χ4n) is 2.09. The van der Waals surface area contributed by atoms with E-state index in [0.29, 0.717) is 0 Å². The van der Waals surface area contributed by atoms with Crippen molar-refractivity contribution >= 4 is 55.8 Å². The molecule has 0 unspecified atom stereocenters. The van der Waals surface area contributed by atoms with Gasteiger partial charge in [0.1, 0.15) is 5.69 Å². The summed E-state index contributed by atoms with van der Waals surface area (Å²) >= 11 is 3.12. The van der Waals surface area contributed by atoms with Crippen molar-refractivity contribution in [1.29, 1.82) is 0 Å². The molecule has 11 nitrogen and oxygen atoms in total. The van der Waals surface area contributed by atoms with Gasteiger partial charge in [0.15, 0.2) is 8.32 Å². The maximum Gasteiger partial charge on any atom is 0.294 e. The van der Waals surface area contributed by atoms with Gasteiger partial charge < -0.3 is 9.74 Å². The Bertz CT molecular complexity index is 1040. The molecule has 3 N–H and O–H groups in total. The van der Waals surface area contributed by atoms with Gasteiger partial charge in [0.2, 0.25) is 10.0 Å². The van der Waals surface area contributed by atoms with Gasteiger partial charge in [0.25, 0.3) is 15.8 Å². The number of nitrogens with two attached hydrogens (primary N) is 1. The quantitative estimate of drug-likeness (QED) is 0.189. The van der Waals surface area contributed by atoms with Crippen LogP contribution in [0.5, 0.6) is 0 Å². The smallest absolute Gasteiger partial charge is 0.294 e. The van der Waals surface area contributed by atoms with Crippen LogP contribution in [0.1, 0.15) is 20.8 Å². The summed E-state index contributed by atoms with van der Waals surface area (Å²) < 4.78 is 57.2. The van der Waals surface area contributed by atoms with E-state index in [4.69, 9.17) is 13.7 Å². The second kappa shape index (κ2) is 9.80. The number of hydrogen-bond donors (Lipinski definition) is 2. The molecule has 0 radical (unpaired) electrons. The van der Waals surface area contributed by atoms with Crippen molar-refractivity contribution in [1.82, 2.24) is 0 Å². The van der Waals surface area contributed by atoms with E-state index in [1.165, 1.54) is 0 Å². The predicted molar refractivity (Wildman–Crippen MR) is 124 cm³/mol. The largest absolute Gasteiger partial charge is 0.415 e. The summed E-state index contributed by atoms with van der Waals surface area (Å²) in [4.78, 5) is 10.3. The molecule has 0 aliphatic heterocycles. The van der Waals surface area contributed by atoms with Crippen molar-refractivity contribution in [2.24, 2.45) is 5.14 Å². The minimum absolute atomic E-state index is 0.00649. The Balaban J connectivity index is 3.34. The number of benzene rings is 1. The standard InChI is InChI=1S/C16H28BrN3O8S2Si/c1-16(2,3)31(5,6)28-10-11(9-27-29(4,23)24)19-15-13(17)7-12(30(18,25)26)8-14(15)20(21)22/h7-8,11,19H,9-10H2,1-6H3,(H2,18,25,26)/t11-/m0/s1. The van der Waals surface area contributed by atoms with Crippen molar-refractivity contribution in [3.63, 3.8) is 0 Å². The highest BCUT2D eigenvalue weighted by atomic mass is 79.9. The summed E-state index contributed by atoms with van der Waals surface area (Å²) in [5, 5.41) is 19.4. The maximum atomic E-state index is 11.6. The molecule has 0 amide bonds. The molecule has 1 rings (SSSR count). The van der Waals surface area contributed by atoms with Crippen molar-refractivity contribution in [3.8, 4) is 0 Å². The molecule has 0 fully saturated rings. The molecule has 178 valence electrons. The van der Waals surface area contributed by atoms with Crippen LogP contribution in [0.15, 0.2) is 21.5 Å². The number of halogens is 1. The summed E-state index contributed by atoms with van der Waals surface area (Å²) in [6.07, 6.45) is 0.887. The van der Waals surface area contributed by atoms with Crippen LogP contribution >= 0.6 is 15.9 Å². The molecule has 0 bridgehead atoms. The predicted octanol–water partition coefficient (Wildman–Crippen LogP) is 2.78. The van der Waals surface area contributed by atoms with Crippen molar-refractivity contribution in [2.75, 3.05) is 24.8 Å². The van der Waals surface area contributed by atoms with E-state index in [1.807, 2.05) is 33.9 Å². The second-order valence-electron chi connectivity index (χ2n) is 8.50. The van der Waals surface area contributed by atoms with Gasteiger partial charge in [0.05, 0.1) is 35.3 Å². The van der Waals surface area contributed by atoms with E-state index in [1.54, 1.807) is 0 Å². The number of rotatable bonds is 10. The molecule has 0 aliphatic rings. The number of sulfonamides is 1. The molecule has 15 heteroatoms. The number of nitro benzene ring substituents is 1. The first-order valence-electron chi connectivity index (χ1n) is 9.00. The lowest BCUT2D eigenvalue weighted by molar-refractivity contribution is -0.384. The first-order valence-corrected chi connectivity index (χ1v) is 16.1. The maximum absolute atomic E-state index is 11.6. The van der Waals surface area contributed by atoms with E-state index in [-0.39, 0.29) is 28.4 Å². The molecule has 0 heterocycles. The van der Waals surface area contributed by atoms with E-state index >= 15 is 0 Å². The van der Waals surface area contributed by atoms with Crippen LogP contribution in [0.4, 0.5) is 11.4 Å². The number of anilines is 1. The minimum atomic E-state index is -4.19. The van der Waals surface area contributed by atoms with E-state index < -0.39 is 50.0 Å². The lowest BCUT2D eigenvalue weighted by Gasteiger charge is -2.37. The topological polar surface area (TPSA) is 168 Å². The Morgan fingerprint density at radius 2 is 1.77 bits per heavy atom. The third-order valence-electron chi connectivity index (χ3n) is 4.85. The average molecular weight is 563 g/mol. The number of nitrogens with zero attached hydrogens (tertiary/aromatic N) is 1. The van der Waals surface area contributed by atoms with Gasteiger partial charge in [-0.15, -0.1) is 0 Å². The highest BCUT2D eigenvalue weighted by Gasteiger charge is 2.38. The SMILES string of the molecule is CC(C)(C)[Si](C)(C)OC[C@H](COS(C)(=O)=O)Nc1c(Br)cc(S(N)(=O)=O)cc1[N+](=O)[O-]. The van der Waals surface area contributed by atoms with Crippen molar-refractivity contribution in [3.05, 3.63) is 26.7 Å². The van der Waals surface area contributed by atoms with Gasteiger partial charge in [-0.1, -0.05) is 20.8 Å². The Labute approximate surface area is 192 Å². The normalized spacial score (nSPS) is 14.3. The molecule has 0 aromatic heterocycles. The summed E-state index contributed by atoms with van der Waals surface area (Å²) in [5.41, 5.74) is -0.617. The van der Waals surface area contributed by atoms with Gasteiger partial charge in [-0.05, 0) is 40.1 Å². The van der Waals surface area contributed by atoms with Gasteiger partial charge in [-0.3, -0.25) is 14.3 Å². The lowest BCUT2D eigenvalue weighted by atomic mass is 10.2. The zero-order chi connectivity index (χ0) is 24.4. The van der Waals surface area contributed by atoms with E-state index in [2.05, 4.69) is 21.2 Å². The van der Waals surface area contributed by atoms with Crippen molar-refractivity contribution < 1.29 is 30.4 Å². The third kappa shape index (κ3) is 8.40. The zero-order valence-electron chi connectivity index (χ0n) is 18.1. The summed E-state index contributed by atoms with van der Waals surface area (Å²) in [7, 11) is -10.2. The van der Waals surface area contributed by atoms with Crippen molar-refractivity contribution in [2.45, 2.75) is 49.8 Å². The lowest BCUT2D eigenvalue weighted by Crippen LogP contribution is -2.44. The van der Waals surface area contributed by atoms with Gasteiger partial charge in [-0.25, -0.2) is 13.6 Å². The summed E-state index contributed by atoms with van der Waals surface area (Å²) in [5.74, 6) is 0. The van der Waals surface area contributed by atoms with Crippen LogP contribution in [0.3, 0.4) is 0 Å². The Hall–Kier alpha value is -1.10. The Morgan fingerprint density at radius 3 is 2.19 bits per heavy atom. The Kier molecular flexibility index (Phi) is 8.83. The molecule has 31 heavy (non-hydrogen) atoms. The number of hydrogen-bond acceptors (Lipinski definition) is 9. The first kappa shape index (κ1) is 27.9. The van der Waals surface area contributed by atoms with E-state index in [0.717, 1.165) is 18.4 Å². The third-order valence-corrected chi connectivity index (χ3v) is 11.4. The molecular weight excluding hydrogens is 534 g/mol. The molecule has 0 saturated heterocycles. The molecule has 0 aliphatic carbocycles. The highest BCUT2D eigenvalue weighted by Crippen LogP contribution is 2.38. The zero-order valence-corrected chi connectivity index (χ0v) is 22.4. The van der Waals surface area contributed by atoms with Crippen LogP contribution in [-0.4, -0.2) is 55.6 Å². The minimum Gasteiger partial charge on any atom is -0.415 e. The fraction of sp³-hybridized carbons (Fsp3) is 0.625. The molecular formula is C16H28BrN3O8S2Si. The number of primary sulfonamides is 1. The highest BCUT2D eigenvalue weighted by molar-refractivity contribution is 9.10. The first-order chi connectivity index (χ1) is 13.7. The average Bonchev–Trinajstić information content (AvgIpc) is 2.55. The second-order valence-corrected chi connectivity index (χ2v) is 17.4. The number of nitrogens with one attached hydrogen (secondary N) is 1. The molecule has 1 atom stereocenters. The van der Waals surface area contributed by atoms with Gasteiger partial charge in [0, 0.05) is 10.5 Å².